The van der Waals surface area contributed by atoms with E-state index in [4.69, 9.17) is 28.2 Å². The second-order valence-corrected chi connectivity index (χ2v) is 14.3. The Morgan fingerprint density at radius 3 is 1.40 bits per heavy atom. The number of para-hydroxylation sites is 2. The van der Waals surface area contributed by atoms with E-state index in [0.29, 0.717) is 17.5 Å². The van der Waals surface area contributed by atoms with Crippen LogP contribution in [0.15, 0.2) is 189 Å². The molecule has 4 aromatic heterocycles. The van der Waals surface area contributed by atoms with Gasteiger partial charge in [0.05, 0.1) is 0 Å². The van der Waals surface area contributed by atoms with Crippen LogP contribution < -0.4 is 0 Å². The first-order valence-electron chi connectivity index (χ1n) is 18.9. The van der Waals surface area contributed by atoms with Crippen LogP contribution in [0, 0.1) is 0 Å². The van der Waals surface area contributed by atoms with Crippen molar-refractivity contribution in [2.24, 2.45) is 0 Å². The van der Waals surface area contributed by atoms with E-state index in [1.807, 2.05) is 109 Å². The molecule has 12 aromatic rings. The van der Waals surface area contributed by atoms with Crippen molar-refractivity contribution in [1.29, 1.82) is 0 Å². The fourth-order valence-electron chi connectivity index (χ4n) is 8.32. The van der Waals surface area contributed by atoms with Gasteiger partial charge in [-0.3, -0.25) is 0 Å². The number of hydrogen-bond acceptors (Lipinski definition) is 6. The topological polar surface area (TPSA) is 78.1 Å². The van der Waals surface area contributed by atoms with Crippen molar-refractivity contribution >= 4 is 65.8 Å². The Morgan fingerprint density at radius 2 is 0.772 bits per heavy atom. The van der Waals surface area contributed by atoms with E-state index >= 15 is 0 Å². The molecule has 0 unspecified atom stereocenters. The molecule has 8 aromatic carbocycles. The highest BCUT2D eigenvalue weighted by Crippen LogP contribution is 2.46. The molecule has 0 aliphatic carbocycles. The van der Waals surface area contributed by atoms with Crippen molar-refractivity contribution in [3.63, 3.8) is 0 Å². The van der Waals surface area contributed by atoms with Gasteiger partial charge in [0.2, 0.25) is 0 Å². The highest BCUT2D eigenvalue weighted by atomic mass is 16.3. The molecule has 0 spiro atoms. The maximum absolute atomic E-state index is 6.88. The van der Waals surface area contributed by atoms with Gasteiger partial charge in [0.25, 0.3) is 0 Å². The molecule has 6 nitrogen and oxygen atoms in total. The number of aromatic nitrogens is 3. The molecule has 0 saturated carbocycles. The molecule has 266 valence electrons. The maximum Gasteiger partial charge on any atom is 0.164 e. The van der Waals surface area contributed by atoms with Gasteiger partial charge in [-0.1, -0.05) is 121 Å². The van der Waals surface area contributed by atoms with E-state index in [1.54, 1.807) is 0 Å². The molecule has 0 N–H and O–H groups in total. The Bertz CT molecular complexity index is 3470. The van der Waals surface area contributed by atoms with Crippen LogP contribution >= 0.6 is 0 Å². The lowest BCUT2D eigenvalue weighted by Crippen LogP contribution is -2.00. The molecule has 0 atom stereocenters. The lowest BCUT2D eigenvalue weighted by Gasteiger charge is -2.10. The summed E-state index contributed by atoms with van der Waals surface area (Å²) in [6.45, 7) is 0. The van der Waals surface area contributed by atoms with E-state index in [0.717, 1.165) is 105 Å². The van der Waals surface area contributed by atoms with Gasteiger partial charge in [-0.25, -0.2) is 15.0 Å². The minimum Gasteiger partial charge on any atom is -0.456 e. The smallest absolute Gasteiger partial charge is 0.164 e. The van der Waals surface area contributed by atoms with E-state index in [2.05, 4.69) is 66.7 Å². The summed E-state index contributed by atoms with van der Waals surface area (Å²) in [7, 11) is 0. The van der Waals surface area contributed by atoms with Crippen LogP contribution in [0.4, 0.5) is 0 Å². The molecule has 0 radical (unpaired) electrons. The normalized spacial score (nSPS) is 11.9. The van der Waals surface area contributed by atoms with Crippen molar-refractivity contribution in [2.75, 3.05) is 0 Å². The fraction of sp³-hybridized carbons (Fsp3) is 0. The quantitative estimate of drug-likeness (QED) is 0.175. The first-order valence-corrected chi connectivity index (χ1v) is 18.9. The zero-order valence-electron chi connectivity index (χ0n) is 30.3. The van der Waals surface area contributed by atoms with Crippen LogP contribution in [-0.4, -0.2) is 15.0 Å². The molecule has 0 saturated heterocycles. The van der Waals surface area contributed by atoms with Crippen molar-refractivity contribution in [3.05, 3.63) is 176 Å². The number of furan rings is 3. The summed E-state index contributed by atoms with van der Waals surface area (Å²) in [5.41, 5.74) is 11.8. The average molecular weight is 732 g/mol. The van der Waals surface area contributed by atoms with Gasteiger partial charge in [0, 0.05) is 54.6 Å². The Labute approximate surface area is 325 Å². The Balaban J connectivity index is 1.14. The minimum absolute atomic E-state index is 0.583. The van der Waals surface area contributed by atoms with Crippen molar-refractivity contribution in [3.8, 4) is 56.4 Å². The summed E-state index contributed by atoms with van der Waals surface area (Å²) in [6.07, 6.45) is 0. The highest BCUT2D eigenvalue weighted by Gasteiger charge is 2.22. The third-order valence-corrected chi connectivity index (χ3v) is 10.9. The molecule has 57 heavy (non-hydrogen) atoms. The fourth-order valence-corrected chi connectivity index (χ4v) is 8.32. The summed E-state index contributed by atoms with van der Waals surface area (Å²) in [4.78, 5) is 15.0. The van der Waals surface area contributed by atoms with E-state index in [9.17, 15) is 0 Å². The predicted molar refractivity (Wildman–Crippen MR) is 229 cm³/mol. The lowest BCUT2D eigenvalue weighted by molar-refractivity contribution is 0.668. The predicted octanol–water partition coefficient (Wildman–Crippen LogP) is 13.9. The van der Waals surface area contributed by atoms with Gasteiger partial charge in [0.15, 0.2) is 17.5 Å². The largest absolute Gasteiger partial charge is 0.456 e. The van der Waals surface area contributed by atoms with Gasteiger partial charge in [-0.05, 0) is 71.3 Å². The third kappa shape index (κ3) is 5.01. The van der Waals surface area contributed by atoms with Crippen LogP contribution in [-0.2, 0) is 0 Å². The standard InChI is InChI=1S/C51H29N3O3/c1-3-13-30(14-4-1)49-52-50(31-15-5-2-6-16-31)54-51(53-49)32-25-26-43-38(27-32)40-29-33(34-19-11-23-44-46(34)36-17-7-9-21-41(36)55-44)28-39(48(40)57-43)35-20-12-24-45-47(35)37-18-8-10-22-42(37)56-45/h1-29H. The van der Waals surface area contributed by atoms with Gasteiger partial charge in [-0.15, -0.1) is 0 Å². The zero-order valence-corrected chi connectivity index (χ0v) is 30.3. The van der Waals surface area contributed by atoms with Gasteiger partial charge in [-0.2, -0.15) is 0 Å². The summed E-state index contributed by atoms with van der Waals surface area (Å²) in [5.74, 6) is 1.81. The summed E-state index contributed by atoms with van der Waals surface area (Å²) in [6, 6.07) is 59.8. The number of hydrogen-bond donors (Lipinski definition) is 0. The van der Waals surface area contributed by atoms with Gasteiger partial charge >= 0.3 is 0 Å². The number of rotatable bonds is 5. The molecular weight excluding hydrogens is 703 g/mol. The van der Waals surface area contributed by atoms with Crippen molar-refractivity contribution < 1.29 is 13.3 Å². The monoisotopic (exact) mass is 731 g/mol. The van der Waals surface area contributed by atoms with E-state index in [1.165, 1.54) is 0 Å². The Kier molecular flexibility index (Phi) is 6.83. The lowest BCUT2D eigenvalue weighted by atomic mass is 9.91. The van der Waals surface area contributed by atoms with Crippen molar-refractivity contribution in [2.45, 2.75) is 0 Å². The summed E-state index contributed by atoms with van der Waals surface area (Å²) in [5, 5.41) is 6.20. The molecule has 6 heteroatoms. The van der Waals surface area contributed by atoms with Crippen LogP contribution in [0.1, 0.15) is 0 Å². The molecule has 12 rings (SSSR count). The van der Waals surface area contributed by atoms with E-state index in [-0.39, 0.29) is 0 Å². The molecule has 4 heterocycles. The number of benzene rings is 8. The molecule has 0 bridgehead atoms. The SMILES string of the molecule is c1ccc(-c2nc(-c3ccccc3)nc(-c3ccc4oc5c(-c6cccc7oc8ccccc8c67)cc(-c6cccc7oc8ccccc8c67)cc5c4c3)n2)cc1. The molecule has 0 amide bonds. The Hall–Kier alpha value is -7.83. The van der Waals surface area contributed by atoms with Gasteiger partial charge in [0.1, 0.15) is 33.5 Å². The van der Waals surface area contributed by atoms with Crippen LogP contribution in [0.2, 0.25) is 0 Å². The van der Waals surface area contributed by atoms with Gasteiger partial charge < -0.3 is 13.3 Å². The third-order valence-electron chi connectivity index (χ3n) is 10.9. The molecular formula is C51H29N3O3. The Morgan fingerprint density at radius 1 is 0.281 bits per heavy atom. The first-order chi connectivity index (χ1) is 28.2. The molecule has 0 fully saturated rings. The average Bonchev–Trinajstić information content (AvgIpc) is 3.98. The highest BCUT2D eigenvalue weighted by molar-refractivity contribution is 6.20. The number of fused-ring (bicyclic) bond motifs is 9. The van der Waals surface area contributed by atoms with Crippen LogP contribution in [0.25, 0.3) is 122 Å². The minimum atomic E-state index is 0.583. The first kappa shape index (κ1) is 31.5. The molecule has 0 aliphatic rings. The van der Waals surface area contributed by atoms with E-state index < -0.39 is 0 Å². The maximum atomic E-state index is 6.88. The second-order valence-electron chi connectivity index (χ2n) is 14.3. The van der Waals surface area contributed by atoms with Crippen LogP contribution in [0.5, 0.6) is 0 Å². The number of nitrogens with zero attached hydrogens (tertiary/aromatic N) is 3. The van der Waals surface area contributed by atoms with Crippen LogP contribution in [0.3, 0.4) is 0 Å². The zero-order chi connectivity index (χ0) is 37.5. The summed E-state index contributed by atoms with van der Waals surface area (Å²) >= 11 is 0. The van der Waals surface area contributed by atoms with Crippen molar-refractivity contribution in [1.82, 2.24) is 15.0 Å². The second kappa shape index (κ2) is 12.3. The molecule has 0 aliphatic heterocycles. The summed E-state index contributed by atoms with van der Waals surface area (Å²) < 4.78 is 19.6.